The Morgan fingerprint density at radius 2 is 2.41 bits per heavy atom. The zero-order chi connectivity index (χ0) is 11.9. The van der Waals surface area contributed by atoms with Crippen molar-refractivity contribution in [3.8, 4) is 0 Å². The van der Waals surface area contributed by atoms with Crippen LogP contribution in [0.1, 0.15) is 36.2 Å². The normalized spacial score (nSPS) is 24.1. The van der Waals surface area contributed by atoms with Crippen molar-refractivity contribution < 1.29 is 9.90 Å². The first-order valence-electron chi connectivity index (χ1n) is 6.00. The summed E-state index contributed by atoms with van der Waals surface area (Å²) in [5, 5.41) is 12.0. The van der Waals surface area contributed by atoms with Gasteiger partial charge in [-0.1, -0.05) is 6.42 Å². The molecule has 0 radical (unpaired) electrons. The lowest BCUT2D eigenvalue weighted by Crippen LogP contribution is -2.19. The molecule has 2 saturated carbocycles. The Morgan fingerprint density at radius 3 is 3.00 bits per heavy atom. The van der Waals surface area contributed by atoms with E-state index in [2.05, 4.69) is 15.3 Å². The van der Waals surface area contributed by atoms with Crippen molar-refractivity contribution in [3.63, 3.8) is 0 Å². The number of aromatic carboxylic acids is 1. The molecular weight excluding hydrogens is 218 g/mol. The van der Waals surface area contributed by atoms with Crippen LogP contribution in [-0.2, 0) is 0 Å². The summed E-state index contributed by atoms with van der Waals surface area (Å²) < 4.78 is 0. The number of aromatic nitrogens is 2. The van der Waals surface area contributed by atoms with Gasteiger partial charge in [-0.15, -0.1) is 0 Å². The van der Waals surface area contributed by atoms with Gasteiger partial charge < -0.3 is 10.4 Å². The second-order valence-electron chi connectivity index (χ2n) is 5.07. The molecule has 2 aliphatic carbocycles. The second-order valence-corrected chi connectivity index (χ2v) is 5.07. The van der Waals surface area contributed by atoms with Gasteiger partial charge in [0.05, 0.1) is 0 Å². The molecule has 1 atom stereocenters. The third-order valence-electron chi connectivity index (χ3n) is 4.09. The van der Waals surface area contributed by atoms with Crippen molar-refractivity contribution in [2.24, 2.45) is 11.3 Å². The number of carboxylic acids is 1. The summed E-state index contributed by atoms with van der Waals surface area (Å²) in [5.41, 5.74) is 0.661. The van der Waals surface area contributed by atoms with Crippen LogP contribution in [-0.4, -0.2) is 27.6 Å². The van der Waals surface area contributed by atoms with Gasteiger partial charge >= 0.3 is 5.97 Å². The highest BCUT2D eigenvalue weighted by molar-refractivity contribution is 5.85. The van der Waals surface area contributed by atoms with Crippen LogP contribution in [0.15, 0.2) is 12.3 Å². The topological polar surface area (TPSA) is 75.1 Å². The van der Waals surface area contributed by atoms with E-state index in [-0.39, 0.29) is 5.69 Å². The number of anilines is 1. The quantitative estimate of drug-likeness (QED) is 0.829. The highest BCUT2D eigenvalue weighted by Gasteiger charge is 2.56. The van der Waals surface area contributed by atoms with E-state index in [1.807, 2.05) is 0 Å². The molecule has 1 spiro atoms. The summed E-state index contributed by atoms with van der Waals surface area (Å²) in [7, 11) is 0. The van der Waals surface area contributed by atoms with Gasteiger partial charge in [-0.2, -0.15) is 0 Å². The summed E-state index contributed by atoms with van der Waals surface area (Å²) in [4.78, 5) is 18.7. The molecular formula is C12H15N3O2. The number of carbonyl (C=O) groups is 1. The van der Waals surface area contributed by atoms with E-state index in [0.29, 0.717) is 11.4 Å². The van der Waals surface area contributed by atoms with E-state index in [4.69, 9.17) is 5.11 Å². The Kier molecular flexibility index (Phi) is 2.28. The Bertz CT molecular complexity index is 457. The van der Waals surface area contributed by atoms with E-state index in [9.17, 15) is 4.79 Å². The Hall–Kier alpha value is -1.65. The molecule has 1 aromatic heterocycles. The smallest absolute Gasteiger partial charge is 0.354 e. The summed E-state index contributed by atoms with van der Waals surface area (Å²) in [5.74, 6) is 0.136. The van der Waals surface area contributed by atoms with Gasteiger partial charge in [0.2, 0.25) is 5.95 Å². The lowest BCUT2D eigenvalue weighted by atomic mass is 9.80. The van der Waals surface area contributed by atoms with Crippen molar-refractivity contribution in [2.75, 3.05) is 11.9 Å². The first-order chi connectivity index (χ1) is 8.20. The minimum absolute atomic E-state index is 0.0386. The van der Waals surface area contributed by atoms with Gasteiger partial charge in [-0.05, 0) is 36.7 Å². The van der Waals surface area contributed by atoms with Crippen molar-refractivity contribution in [2.45, 2.75) is 25.7 Å². The van der Waals surface area contributed by atoms with Gasteiger partial charge in [-0.25, -0.2) is 14.8 Å². The Balaban J connectivity index is 1.58. The summed E-state index contributed by atoms with van der Waals surface area (Å²) in [6.45, 7) is 0.864. The largest absolute Gasteiger partial charge is 0.477 e. The maximum Gasteiger partial charge on any atom is 0.354 e. The molecule has 17 heavy (non-hydrogen) atoms. The van der Waals surface area contributed by atoms with Gasteiger partial charge in [0.25, 0.3) is 0 Å². The number of carboxylic acid groups (broad SMARTS) is 1. The SMILES string of the molecule is O=C(O)c1ccnc(NCC2CC23CCC3)n1. The van der Waals surface area contributed by atoms with Gasteiger partial charge in [-0.3, -0.25) is 0 Å². The number of hydrogen-bond donors (Lipinski definition) is 2. The zero-order valence-corrected chi connectivity index (χ0v) is 9.52. The highest BCUT2D eigenvalue weighted by Crippen LogP contribution is 2.65. The van der Waals surface area contributed by atoms with Gasteiger partial charge in [0.1, 0.15) is 0 Å². The molecule has 1 unspecified atom stereocenters. The zero-order valence-electron chi connectivity index (χ0n) is 9.52. The monoisotopic (exact) mass is 233 g/mol. The minimum atomic E-state index is -1.02. The van der Waals surface area contributed by atoms with Crippen LogP contribution in [0.4, 0.5) is 5.95 Å². The van der Waals surface area contributed by atoms with Crippen molar-refractivity contribution in [1.82, 2.24) is 9.97 Å². The first-order valence-corrected chi connectivity index (χ1v) is 6.00. The summed E-state index contributed by atoms with van der Waals surface area (Å²) in [6.07, 6.45) is 6.86. The molecule has 0 bridgehead atoms. The van der Waals surface area contributed by atoms with Crippen LogP contribution < -0.4 is 5.32 Å². The molecule has 2 aliphatic rings. The number of nitrogens with zero attached hydrogens (tertiary/aromatic N) is 2. The summed E-state index contributed by atoms with van der Waals surface area (Å²) >= 11 is 0. The van der Waals surface area contributed by atoms with Crippen LogP contribution in [0, 0.1) is 11.3 Å². The van der Waals surface area contributed by atoms with Gasteiger partial charge in [0, 0.05) is 12.7 Å². The minimum Gasteiger partial charge on any atom is -0.477 e. The number of nitrogens with one attached hydrogen (secondary N) is 1. The maximum atomic E-state index is 10.7. The molecule has 5 nitrogen and oxygen atoms in total. The molecule has 2 fully saturated rings. The standard InChI is InChI=1S/C12H15N3O2/c16-10(17)9-2-5-13-11(15-9)14-7-8-6-12(8)3-1-4-12/h2,5,8H,1,3-4,6-7H2,(H,16,17)(H,13,14,15). The average Bonchev–Trinajstić information content (AvgIpc) is 3.01. The molecule has 2 N–H and O–H groups in total. The van der Waals surface area contributed by atoms with E-state index >= 15 is 0 Å². The van der Waals surface area contributed by atoms with Gasteiger partial charge in [0.15, 0.2) is 5.69 Å². The maximum absolute atomic E-state index is 10.7. The fourth-order valence-electron chi connectivity index (χ4n) is 2.74. The van der Waals surface area contributed by atoms with Crippen LogP contribution in [0.5, 0.6) is 0 Å². The van der Waals surface area contributed by atoms with E-state index in [0.717, 1.165) is 12.5 Å². The van der Waals surface area contributed by atoms with Crippen LogP contribution >= 0.6 is 0 Å². The van der Waals surface area contributed by atoms with Crippen molar-refractivity contribution >= 4 is 11.9 Å². The number of hydrogen-bond acceptors (Lipinski definition) is 4. The molecule has 0 aromatic carbocycles. The molecule has 1 heterocycles. The van der Waals surface area contributed by atoms with E-state index < -0.39 is 5.97 Å². The van der Waals surface area contributed by atoms with Crippen LogP contribution in [0.25, 0.3) is 0 Å². The molecule has 0 amide bonds. The Morgan fingerprint density at radius 1 is 1.59 bits per heavy atom. The Labute approximate surface area is 99.3 Å². The first kappa shape index (κ1) is 10.5. The lowest BCUT2D eigenvalue weighted by Gasteiger charge is -2.26. The van der Waals surface area contributed by atoms with E-state index in [1.54, 1.807) is 0 Å². The molecule has 0 saturated heterocycles. The molecule has 1 aromatic rings. The second kappa shape index (κ2) is 3.68. The third-order valence-corrected chi connectivity index (χ3v) is 4.09. The highest BCUT2D eigenvalue weighted by atomic mass is 16.4. The average molecular weight is 233 g/mol. The van der Waals surface area contributed by atoms with Crippen molar-refractivity contribution in [1.29, 1.82) is 0 Å². The van der Waals surface area contributed by atoms with E-state index in [1.165, 1.54) is 37.9 Å². The fourth-order valence-corrected chi connectivity index (χ4v) is 2.74. The molecule has 5 heteroatoms. The van der Waals surface area contributed by atoms with Crippen molar-refractivity contribution in [3.05, 3.63) is 18.0 Å². The predicted octanol–water partition coefficient (Wildman–Crippen LogP) is 1.78. The molecule has 90 valence electrons. The fraction of sp³-hybridized carbons (Fsp3) is 0.583. The predicted molar refractivity (Wildman–Crippen MR) is 61.9 cm³/mol. The van der Waals surface area contributed by atoms with Crippen LogP contribution in [0.2, 0.25) is 0 Å². The third kappa shape index (κ3) is 1.85. The lowest BCUT2D eigenvalue weighted by molar-refractivity contribution is 0.0690. The summed E-state index contributed by atoms with van der Waals surface area (Å²) in [6, 6.07) is 1.40. The molecule has 0 aliphatic heterocycles. The number of rotatable bonds is 4. The molecule has 3 rings (SSSR count). The van der Waals surface area contributed by atoms with Crippen LogP contribution in [0.3, 0.4) is 0 Å².